The lowest BCUT2D eigenvalue weighted by Crippen LogP contribution is -2.17. The fourth-order valence-corrected chi connectivity index (χ4v) is 1.76. The van der Waals surface area contributed by atoms with Crippen molar-refractivity contribution in [3.63, 3.8) is 0 Å². The maximum absolute atomic E-state index is 10.7. The summed E-state index contributed by atoms with van der Waals surface area (Å²) in [6, 6.07) is 9.90. The highest BCUT2D eigenvalue weighted by molar-refractivity contribution is 5.72. The molecule has 0 amide bonds. The molecule has 1 aromatic rings. The molecule has 1 aliphatic heterocycles. The van der Waals surface area contributed by atoms with Crippen molar-refractivity contribution in [1.29, 1.82) is 0 Å². The molecule has 1 N–H and O–H groups in total. The van der Waals surface area contributed by atoms with Crippen LogP contribution in [0.2, 0.25) is 0 Å². The third-order valence-electron chi connectivity index (χ3n) is 2.54. The van der Waals surface area contributed by atoms with Gasteiger partial charge in [0.1, 0.15) is 0 Å². The summed E-state index contributed by atoms with van der Waals surface area (Å²) in [6.07, 6.45) is -0.0421. The SMILES string of the molecule is O=C(O)[C@H]1C[C@@H](c2ccccc2)CO1. The number of aliphatic carboxylic acids is 1. The molecule has 1 fully saturated rings. The molecule has 0 spiro atoms. The second-order valence-electron chi connectivity index (χ2n) is 3.50. The Labute approximate surface area is 82.3 Å². The molecule has 1 saturated heterocycles. The van der Waals surface area contributed by atoms with Gasteiger partial charge in [0, 0.05) is 5.92 Å². The van der Waals surface area contributed by atoms with Crippen molar-refractivity contribution in [3.05, 3.63) is 35.9 Å². The van der Waals surface area contributed by atoms with E-state index in [2.05, 4.69) is 0 Å². The number of benzene rings is 1. The Hall–Kier alpha value is -1.35. The number of hydrogen-bond donors (Lipinski definition) is 1. The van der Waals surface area contributed by atoms with E-state index in [1.807, 2.05) is 30.3 Å². The highest BCUT2D eigenvalue weighted by atomic mass is 16.5. The molecule has 3 nitrogen and oxygen atoms in total. The Morgan fingerprint density at radius 1 is 1.36 bits per heavy atom. The summed E-state index contributed by atoms with van der Waals surface area (Å²) in [5, 5.41) is 8.75. The first-order chi connectivity index (χ1) is 6.77. The van der Waals surface area contributed by atoms with E-state index in [0.717, 1.165) is 5.56 Å². The maximum Gasteiger partial charge on any atom is 0.332 e. The number of carboxylic acids is 1. The zero-order valence-corrected chi connectivity index (χ0v) is 7.72. The molecule has 1 heterocycles. The number of hydrogen-bond acceptors (Lipinski definition) is 2. The predicted octanol–water partition coefficient (Wildman–Crippen LogP) is 1.64. The minimum atomic E-state index is -0.858. The standard InChI is InChI=1S/C11H12O3/c12-11(13)10-6-9(7-14-10)8-4-2-1-3-5-8/h1-5,9-10H,6-7H2,(H,12,13)/t9-,10-/m1/s1. The van der Waals surface area contributed by atoms with Gasteiger partial charge in [0.2, 0.25) is 0 Å². The first-order valence-electron chi connectivity index (χ1n) is 4.66. The Balaban J connectivity index is 2.06. The van der Waals surface area contributed by atoms with Crippen LogP contribution in [0.25, 0.3) is 0 Å². The maximum atomic E-state index is 10.7. The summed E-state index contributed by atoms with van der Waals surface area (Å²) < 4.78 is 5.18. The molecular weight excluding hydrogens is 180 g/mol. The van der Waals surface area contributed by atoms with Crippen LogP contribution in [0, 0.1) is 0 Å². The first kappa shape index (κ1) is 9.21. The van der Waals surface area contributed by atoms with Crippen LogP contribution in [0.5, 0.6) is 0 Å². The van der Waals surface area contributed by atoms with Gasteiger partial charge in [-0.05, 0) is 12.0 Å². The third-order valence-corrected chi connectivity index (χ3v) is 2.54. The highest BCUT2D eigenvalue weighted by Gasteiger charge is 2.31. The molecule has 0 aromatic heterocycles. The van der Waals surface area contributed by atoms with E-state index in [0.29, 0.717) is 13.0 Å². The summed E-state index contributed by atoms with van der Waals surface area (Å²) in [6.45, 7) is 0.515. The Morgan fingerprint density at radius 2 is 2.07 bits per heavy atom. The Kier molecular flexibility index (Phi) is 2.50. The van der Waals surface area contributed by atoms with Crippen LogP contribution in [0.3, 0.4) is 0 Å². The Bertz CT molecular complexity index is 321. The zero-order chi connectivity index (χ0) is 9.97. The number of rotatable bonds is 2. The van der Waals surface area contributed by atoms with Crippen molar-refractivity contribution >= 4 is 5.97 Å². The van der Waals surface area contributed by atoms with Crippen molar-refractivity contribution in [1.82, 2.24) is 0 Å². The average Bonchev–Trinajstić information content (AvgIpc) is 2.68. The molecule has 1 aromatic carbocycles. The second kappa shape index (κ2) is 3.80. The van der Waals surface area contributed by atoms with Crippen molar-refractivity contribution < 1.29 is 14.6 Å². The van der Waals surface area contributed by atoms with E-state index >= 15 is 0 Å². The van der Waals surface area contributed by atoms with Crippen LogP contribution in [-0.4, -0.2) is 23.8 Å². The van der Waals surface area contributed by atoms with E-state index in [1.165, 1.54) is 0 Å². The predicted molar refractivity (Wildman–Crippen MR) is 51.2 cm³/mol. The number of carbonyl (C=O) groups is 1. The normalized spacial score (nSPS) is 26.3. The van der Waals surface area contributed by atoms with Gasteiger partial charge in [-0.15, -0.1) is 0 Å². The number of carboxylic acid groups (broad SMARTS) is 1. The highest BCUT2D eigenvalue weighted by Crippen LogP contribution is 2.29. The summed E-state index contributed by atoms with van der Waals surface area (Å²) in [7, 11) is 0. The molecule has 3 heteroatoms. The smallest absolute Gasteiger partial charge is 0.332 e. The van der Waals surface area contributed by atoms with E-state index in [4.69, 9.17) is 9.84 Å². The summed E-state index contributed by atoms with van der Waals surface area (Å²) in [4.78, 5) is 10.7. The molecule has 2 atom stereocenters. The van der Waals surface area contributed by atoms with Gasteiger partial charge in [-0.1, -0.05) is 30.3 Å². The van der Waals surface area contributed by atoms with Crippen LogP contribution in [-0.2, 0) is 9.53 Å². The van der Waals surface area contributed by atoms with Gasteiger partial charge in [0.05, 0.1) is 6.61 Å². The summed E-state index contributed by atoms with van der Waals surface area (Å²) in [5.41, 5.74) is 1.16. The fourth-order valence-electron chi connectivity index (χ4n) is 1.76. The van der Waals surface area contributed by atoms with Crippen LogP contribution in [0.4, 0.5) is 0 Å². The van der Waals surface area contributed by atoms with Gasteiger partial charge in [-0.3, -0.25) is 0 Å². The van der Waals surface area contributed by atoms with Gasteiger partial charge in [-0.2, -0.15) is 0 Å². The lowest BCUT2D eigenvalue weighted by molar-refractivity contribution is -0.147. The van der Waals surface area contributed by atoms with Crippen molar-refractivity contribution in [3.8, 4) is 0 Å². The molecule has 14 heavy (non-hydrogen) atoms. The van der Waals surface area contributed by atoms with Gasteiger partial charge < -0.3 is 9.84 Å². The van der Waals surface area contributed by atoms with Gasteiger partial charge in [-0.25, -0.2) is 4.79 Å². The van der Waals surface area contributed by atoms with E-state index in [1.54, 1.807) is 0 Å². The monoisotopic (exact) mass is 192 g/mol. The molecular formula is C11H12O3. The molecule has 0 bridgehead atoms. The van der Waals surface area contributed by atoms with E-state index in [-0.39, 0.29) is 5.92 Å². The minimum Gasteiger partial charge on any atom is -0.479 e. The molecule has 0 aliphatic carbocycles. The molecule has 2 rings (SSSR count). The third kappa shape index (κ3) is 1.77. The molecule has 0 saturated carbocycles. The molecule has 1 aliphatic rings. The largest absolute Gasteiger partial charge is 0.479 e. The Morgan fingerprint density at radius 3 is 2.64 bits per heavy atom. The van der Waals surface area contributed by atoms with Crippen LogP contribution < -0.4 is 0 Å². The lowest BCUT2D eigenvalue weighted by atomic mass is 9.96. The van der Waals surface area contributed by atoms with Gasteiger partial charge in [0.25, 0.3) is 0 Å². The van der Waals surface area contributed by atoms with E-state index < -0.39 is 12.1 Å². The lowest BCUT2D eigenvalue weighted by Gasteiger charge is -2.06. The van der Waals surface area contributed by atoms with Crippen molar-refractivity contribution in [2.75, 3.05) is 6.61 Å². The van der Waals surface area contributed by atoms with Gasteiger partial charge in [0.15, 0.2) is 6.10 Å². The molecule has 74 valence electrons. The fraction of sp³-hybridized carbons (Fsp3) is 0.364. The van der Waals surface area contributed by atoms with Crippen LogP contribution >= 0.6 is 0 Å². The van der Waals surface area contributed by atoms with Crippen molar-refractivity contribution in [2.24, 2.45) is 0 Å². The van der Waals surface area contributed by atoms with E-state index in [9.17, 15) is 4.79 Å². The molecule has 0 unspecified atom stereocenters. The van der Waals surface area contributed by atoms with Crippen molar-refractivity contribution in [2.45, 2.75) is 18.4 Å². The topological polar surface area (TPSA) is 46.5 Å². The number of ether oxygens (including phenoxy) is 1. The molecule has 0 radical (unpaired) electrons. The summed E-state index contributed by atoms with van der Waals surface area (Å²) in [5.74, 6) is -0.624. The minimum absolute atomic E-state index is 0.234. The quantitative estimate of drug-likeness (QED) is 0.774. The van der Waals surface area contributed by atoms with Crippen LogP contribution in [0.1, 0.15) is 17.9 Å². The first-order valence-corrected chi connectivity index (χ1v) is 4.66. The average molecular weight is 192 g/mol. The van der Waals surface area contributed by atoms with Gasteiger partial charge >= 0.3 is 5.97 Å². The van der Waals surface area contributed by atoms with Crippen LogP contribution in [0.15, 0.2) is 30.3 Å². The summed E-state index contributed by atoms with van der Waals surface area (Å²) >= 11 is 0. The zero-order valence-electron chi connectivity index (χ0n) is 7.72. The second-order valence-corrected chi connectivity index (χ2v) is 3.50.